The van der Waals surface area contributed by atoms with Crippen molar-refractivity contribution < 1.29 is 0 Å². The summed E-state index contributed by atoms with van der Waals surface area (Å²) in [5.74, 6) is 2.85. The molecule has 124 valence electrons. The number of rotatable bonds is 4. The van der Waals surface area contributed by atoms with Gasteiger partial charge in [0.05, 0.1) is 6.42 Å². The van der Waals surface area contributed by atoms with Crippen LogP contribution in [0.5, 0.6) is 0 Å². The number of hydrogen-bond donors (Lipinski definition) is 2. The quantitative estimate of drug-likeness (QED) is 0.600. The van der Waals surface area contributed by atoms with Crippen LogP contribution in [0.1, 0.15) is 22.8 Å². The lowest BCUT2D eigenvalue weighted by molar-refractivity contribution is 0.899. The van der Waals surface area contributed by atoms with Crippen LogP contribution in [0.25, 0.3) is 22.8 Å². The Balaban J connectivity index is 1.51. The lowest BCUT2D eigenvalue weighted by atomic mass is 10.1. The summed E-state index contributed by atoms with van der Waals surface area (Å²) < 4.78 is 0. The van der Waals surface area contributed by atoms with Gasteiger partial charge in [0.25, 0.3) is 0 Å². The third-order valence-electron chi connectivity index (χ3n) is 4.03. The Labute approximate surface area is 145 Å². The zero-order valence-electron chi connectivity index (χ0n) is 14.1. The minimum Gasteiger partial charge on any atom is -0.259 e. The van der Waals surface area contributed by atoms with Gasteiger partial charge in [-0.15, -0.1) is 0 Å². The van der Waals surface area contributed by atoms with E-state index >= 15 is 0 Å². The van der Waals surface area contributed by atoms with Gasteiger partial charge in [-0.25, -0.2) is 9.97 Å². The number of nitrogens with one attached hydrogen (secondary N) is 2. The van der Waals surface area contributed by atoms with Crippen molar-refractivity contribution in [3.05, 3.63) is 71.3 Å². The molecule has 0 aliphatic carbocycles. The molecule has 0 radical (unpaired) electrons. The van der Waals surface area contributed by atoms with E-state index in [1.54, 1.807) is 0 Å². The van der Waals surface area contributed by atoms with E-state index in [1.807, 2.05) is 24.3 Å². The van der Waals surface area contributed by atoms with E-state index < -0.39 is 0 Å². The molecule has 0 saturated heterocycles. The first kappa shape index (κ1) is 15.3. The first-order valence-electron chi connectivity index (χ1n) is 8.14. The normalized spacial score (nSPS) is 11.0. The predicted octanol–water partition coefficient (Wildman–Crippen LogP) is 3.46. The smallest absolute Gasteiger partial charge is 0.158 e. The summed E-state index contributed by atoms with van der Waals surface area (Å²) in [4.78, 5) is 9.08. The van der Waals surface area contributed by atoms with Gasteiger partial charge in [-0.1, -0.05) is 59.7 Å². The van der Waals surface area contributed by atoms with Crippen LogP contribution < -0.4 is 0 Å². The van der Waals surface area contributed by atoms with Gasteiger partial charge < -0.3 is 0 Å². The summed E-state index contributed by atoms with van der Waals surface area (Å²) in [6, 6.07) is 16.3. The fraction of sp³-hybridized carbons (Fsp3) is 0.158. The summed E-state index contributed by atoms with van der Waals surface area (Å²) in [6.45, 7) is 4.12. The van der Waals surface area contributed by atoms with E-state index in [0.29, 0.717) is 18.1 Å². The molecule has 2 aromatic heterocycles. The number of benzene rings is 2. The zero-order chi connectivity index (χ0) is 17.2. The summed E-state index contributed by atoms with van der Waals surface area (Å²) >= 11 is 0. The van der Waals surface area contributed by atoms with E-state index in [1.165, 1.54) is 11.1 Å². The molecule has 6 nitrogen and oxygen atoms in total. The maximum Gasteiger partial charge on any atom is 0.158 e. The fourth-order valence-corrected chi connectivity index (χ4v) is 2.57. The summed E-state index contributed by atoms with van der Waals surface area (Å²) in [5, 5.41) is 14.5. The molecule has 2 aromatic carbocycles. The van der Waals surface area contributed by atoms with E-state index in [0.717, 1.165) is 22.8 Å². The maximum atomic E-state index is 4.54. The zero-order valence-corrected chi connectivity index (χ0v) is 14.1. The predicted molar refractivity (Wildman–Crippen MR) is 95.9 cm³/mol. The monoisotopic (exact) mass is 330 g/mol. The van der Waals surface area contributed by atoms with Crippen molar-refractivity contribution in [2.45, 2.75) is 20.3 Å². The van der Waals surface area contributed by atoms with Gasteiger partial charge in [-0.3, -0.25) is 10.2 Å². The third kappa shape index (κ3) is 3.33. The van der Waals surface area contributed by atoms with E-state index in [2.05, 4.69) is 68.5 Å². The van der Waals surface area contributed by atoms with Crippen molar-refractivity contribution in [3.8, 4) is 22.8 Å². The van der Waals surface area contributed by atoms with Crippen molar-refractivity contribution >= 4 is 0 Å². The summed E-state index contributed by atoms with van der Waals surface area (Å²) in [6.07, 6.45) is 0.477. The van der Waals surface area contributed by atoms with Gasteiger partial charge >= 0.3 is 0 Å². The summed E-state index contributed by atoms with van der Waals surface area (Å²) in [5.41, 5.74) is 4.46. The Morgan fingerprint density at radius 2 is 1.04 bits per heavy atom. The molecule has 25 heavy (non-hydrogen) atoms. The van der Waals surface area contributed by atoms with Crippen LogP contribution in [0.15, 0.2) is 48.5 Å². The SMILES string of the molecule is Cc1ccc(-c2nc(Cc3n[nH]c(-c4ccc(C)cc4)n3)n[nH]2)cc1. The molecule has 0 amide bonds. The molecule has 0 aliphatic rings. The van der Waals surface area contributed by atoms with E-state index in [9.17, 15) is 0 Å². The van der Waals surface area contributed by atoms with Gasteiger partial charge in [0.1, 0.15) is 0 Å². The molecule has 6 heteroatoms. The average Bonchev–Trinajstić information content (AvgIpc) is 3.27. The Bertz CT molecular complexity index is 898. The largest absolute Gasteiger partial charge is 0.259 e. The fourth-order valence-electron chi connectivity index (χ4n) is 2.57. The lowest BCUT2D eigenvalue weighted by Crippen LogP contribution is -1.93. The van der Waals surface area contributed by atoms with Crippen LogP contribution in [0, 0.1) is 13.8 Å². The van der Waals surface area contributed by atoms with Crippen molar-refractivity contribution in [2.24, 2.45) is 0 Å². The van der Waals surface area contributed by atoms with Gasteiger partial charge in [0.2, 0.25) is 0 Å². The van der Waals surface area contributed by atoms with E-state index in [-0.39, 0.29) is 0 Å². The first-order chi connectivity index (χ1) is 12.2. The van der Waals surface area contributed by atoms with Crippen LogP contribution >= 0.6 is 0 Å². The number of H-pyrrole nitrogens is 2. The Hall–Kier alpha value is -3.28. The van der Waals surface area contributed by atoms with Crippen LogP contribution in [-0.4, -0.2) is 30.4 Å². The second-order valence-corrected chi connectivity index (χ2v) is 6.11. The molecule has 0 fully saturated rings. The Kier molecular flexibility index (Phi) is 3.85. The highest BCUT2D eigenvalue weighted by Crippen LogP contribution is 2.17. The molecule has 0 unspecified atom stereocenters. The van der Waals surface area contributed by atoms with E-state index in [4.69, 9.17) is 0 Å². The molecule has 0 atom stereocenters. The Morgan fingerprint density at radius 3 is 1.44 bits per heavy atom. The molecular formula is C19H18N6. The third-order valence-corrected chi connectivity index (χ3v) is 4.03. The van der Waals surface area contributed by atoms with Crippen molar-refractivity contribution in [1.29, 1.82) is 0 Å². The summed E-state index contributed by atoms with van der Waals surface area (Å²) in [7, 11) is 0. The molecule has 0 saturated carbocycles. The standard InChI is InChI=1S/C19H18N6/c1-12-3-7-14(8-4-12)18-20-16(22-24-18)11-17-21-19(25-23-17)15-9-5-13(2)6-10-15/h3-10H,11H2,1-2H3,(H,20,22,24)(H,21,23,25). The highest BCUT2D eigenvalue weighted by Gasteiger charge is 2.11. The number of aryl methyl sites for hydroxylation is 2. The molecule has 2 heterocycles. The van der Waals surface area contributed by atoms with Crippen LogP contribution in [0.2, 0.25) is 0 Å². The van der Waals surface area contributed by atoms with Crippen LogP contribution in [0.4, 0.5) is 0 Å². The molecular weight excluding hydrogens is 312 g/mol. The minimum atomic E-state index is 0.477. The molecule has 0 spiro atoms. The Morgan fingerprint density at radius 1 is 0.640 bits per heavy atom. The lowest BCUT2D eigenvalue weighted by Gasteiger charge is -1.96. The second-order valence-electron chi connectivity index (χ2n) is 6.11. The van der Waals surface area contributed by atoms with Crippen molar-refractivity contribution in [2.75, 3.05) is 0 Å². The number of aromatic amines is 2. The van der Waals surface area contributed by atoms with Gasteiger partial charge in [0, 0.05) is 11.1 Å². The minimum absolute atomic E-state index is 0.477. The highest BCUT2D eigenvalue weighted by atomic mass is 15.2. The van der Waals surface area contributed by atoms with Crippen molar-refractivity contribution in [3.63, 3.8) is 0 Å². The van der Waals surface area contributed by atoms with Gasteiger partial charge in [0.15, 0.2) is 23.3 Å². The van der Waals surface area contributed by atoms with Gasteiger partial charge in [-0.2, -0.15) is 10.2 Å². The van der Waals surface area contributed by atoms with Crippen molar-refractivity contribution in [1.82, 2.24) is 30.4 Å². The number of aromatic nitrogens is 6. The van der Waals surface area contributed by atoms with Crippen LogP contribution in [-0.2, 0) is 6.42 Å². The molecule has 0 aliphatic heterocycles. The first-order valence-corrected chi connectivity index (χ1v) is 8.14. The second kappa shape index (κ2) is 6.32. The highest BCUT2D eigenvalue weighted by molar-refractivity contribution is 5.55. The molecule has 4 aromatic rings. The van der Waals surface area contributed by atoms with Crippen LogP contribution in [0.3, 0.4) is 0 Å². The number of hydrogen-bond acceptors (Lipinski definition) is 4. The molecule has 2 N–H and O–H groups in total. The average molecular weight is 330 g/mol. The maximum absolute atomic E-state index is 4.54. The molecule has 0 bridgehead atoms. The molecule has 4 rings (SSSR count). The topological polar surface area (TPSA) is 83.1 Å². The van der Waals surface area contributed by atoms with Gasteiger partial charge in [-0.05, 0) is 13.8 Å². The number of nitrogens with zero attached hydrogens (tertiary/aromatic N) is 4.